The Bertz CT molecular complexity index is 915. The molecule has 4 nitrogen and oxygen atoms in total. The van der Waals surface area contributed by atoms with Crippen molar-refractivity contribution >= 4 is 50.5 Å². The SMILES string of the molecule is Sc1cccnc1-c1ncccc1S.Sc1cccnc1-c1ncccc1S. The molecule has 0 aliphatic carbocycles. The second-order valence-corrected chi connectivity index (χ2v) is 7.41. The lowest BCUT2D eigenvalue weighted by Gasteiger charge is -2.04. The molecule has 0 spiro atoms. The average molecular weight is 441 g/mol. The van der Waals surface area contributed by atoms with Gasteiger partial charge in [0.05, 0.1) is 0 Å². The van der Waals surface area contributed by atoms with Crippen LogP contribution in [0.5, 0.6) is 0 Å². The molecular weight excluding hydrogens is 425 g/mol. The Kier molecular flexibility index (Phi) is 7.38. The molecule has 0 unspecified atom stereocenters. The molecule has 4 aromatic rings. The summed E-state index contributed by atoms with van der Waals surface area (Å²) in [5.41, 5.74) is 3.06. The van der Waals surface area contributed by atoms with Crippen LogP contribution < -0.4 is 0 Å². The van der Waals surface area contributed by atoms with Gasteiger partial charge in [-0.3, -0.25) is 19.9 Å². The number of thiol groups is 4. The van der Waals surface area contributed by atoms with Crippen LogP contribution in [0.3, 0.4) is 0 Å². The molecule has 0 radical (unpaired) electrons. The van der Waals surface area contributed by atoms with E-state index in [4.69, 9.17) is 0 Å². The molecule has 0 saturated heterocycles. The van der Waals surface area contributed by atoms with E-state index in [1.165, 1.54) is 0 Å². The molecule has 0 amide bonds. The molecule has 0 fully saturated rings. The van der Waals surface area contributed by atoms with Crippen molar-refractivity contribution in [2.24, 2.45) is 0 Å². The summed E-state index contributed by atoms with van der Waals surface area (Å²) in [5.74, 6) is 0. The van der Waals surface area contributed by atoms with Crippen LogP contribution in [0.1, 0.15) is 0 Å². The number of hydrogen-bond acceptors (Lipinski definition) is 8. The maximum absolute atomic E-state index is 4.32. The first-order chi connectivity index (χ1) is 13.6. The largest absolute Gasteiger partial charge is 0.253 e. The highest BCUT2D eigenvalue weighted by Gasteiger charge is 2.08. The lowest BCUT2D eigenvalue weighted by atomic mass is 10.2. The van der Waals surface area contributed by atoms with Crippen LogP contribution in [-0.4, -0.2) is 19.9 Å². The molecule has 0 saturated carbocycles. The number of aromatic nitrogens is 4. The minimum atomic E-state index is 0.765. The number of pyridine rings is 4. The average Bonchev–Trinajstić information content (AvgIpc) is 2.71. The standard InChI is InChI=1S/2C10H8N2S2/c2*13-7-3-1-5-11-9(7)10-8(14)4-2-6-12-10/h2*1-6,13-14H. The van der Waals surface area contributed by atoms with Crippen molar-refractivity contribution in [2.45, 2.75) is 19.6 Å². The molecule has 8 heteroatoms. The van der Waals surface area contributed by atoms with Crippen molar-refractivity contribution in [1.82, 2.24) is 19.9 Å². The van der Waals surface area contributed by atoms with Gasteiger partial charge in [0.1, 0.15) is 22.8 Å². The van der Waals surface area contributed by atoms with Crippen molar-refractivity contribution in [2.75, 3.05) is 0 Å². The normalized spacial score (nSPS) is 10.1. The van der Waals surface area contributed by atoms with Gasteiger partial charge in [0, 0.05) is 44.4 Å². The van der Waals surface area contributed by atoms with Gasteiger partial charge in [-0.15, -0.1) is 50.5 Å². The summed E-state index contributed by atoms with van der Waals surface area (Å²) in [6, 6.07) is 14.9. The Hall–Kier alpha value is -2.00. The summed E-state index contributed by atoms with van der Waals surface area (Å²) >= 11 is 17.3. The van der Waals surface area contributed by atoms with Crippen LogP contribution >= 0.6 is 50.5 Å². The van der Waals surface area contributed by atoms with E-state index >= 15 is 0 Å². The maximum Gasteiger partial charge on any atom is 0.103 e. The number of nitrogens with zero attached hydrogens (tertiary/aromatic N) is 4. The molecule has 0 N–H and O–H groups in total. The van der Waals surface area contributed by atoms with E-state index in [0.29, 0.717) is 0 Å². The molecule has 0 atom stereocenters. The molecular formula is C20H16N4S4. The van der Waals surface area contributed by atoms with Gasteiger partial charge in [0.2, 0.25) is 0 Å². The van der Waals surface area contributed by atoms with Gasteiger partial charge < -0.3 is 0 Å². The third-order valence-corrected chi connectivity index (χ3v) is 5.04. The summed E-state index contributed by atoms with van der Waals surface area (Å²) in [5, 5.41) is 0. The molecule has 4 rings (SSSR count). The van der Waals surface area contributed by atoms with E-state index in [1.807, 2.05) is 48.5 Å². The van der Waals surface area contributed by atoms with Gasteiger partial charge in [-0.1, -0.05) is 0 Å². The van der Waals surface area contributed by atoms with E-state index in [-0.39, 0.29) is 0 Å². The van der Waals surface area contributed by atoms with Crippen molar-refractivity contribution in [3.05, 3.63) is 73.3 Å². The van der Waals surface area contributed by atoms with Gasteiger partial charge >= 0.3 is 0 Å². The summed E-state index contributed by atoms with van der Waals surface area (Å²) in [6.07, 6.45) is 6.88. The Morgan fingerprint density at radius 1 is 0.393 bits per heavy atom. The summed E-state index contributed by atoms with van der Waals surface area (Å²) in [7, 11) is 0. The zero-order chi connectivity index (χ0) is 19.9. The number of hydrogen-bond donors (Lipinski definition) is 4. The van der Waals surface area contributed by atoms with Crippen LogP contribution in [-0.2, 0) is 0 Å². The Morgan fingerprint density at radius 3 is 0.786 bits per heavy atom. The van der Waals surface area contributed by atoms with Crippen molar-refractivity contribution < 1.29 is 0 Å². The van der Waals surface area contributed by atoms with E-state index in [2.05, 4.69) is 70.5 Å². The highest BCUT2D eigenvalue weighted by atomic mass is 32.1. The first-order valence-corrected chi connectivity index (χ1v) is 9.93. The van der Waals surface area contributed by atoms with Gasteiger partial charge in [0.15, 0.2) is 0 Å². The molecule has 140 valence electrons. The molecule has 28 heavy (non-hydrogen) atoms. The van der Waals surface area contributed by atoms with Gasteiger partial charge in [0.25, 0.3) is 0 Å². The Balaban J connectivity index is 0.000000161. The summed E-state index contributed by atoms with van der Waals surface area (Å²) in [4.78, 5) is 20.1. The fourth-order valence-electron chi connectivity index (χ4n) is 2.32. The molecule has 4 heterocycles. The number of rotatable bonds is 2. The van der Waals surface area contributed by atoms with Gasteiger partial charge in [-0.2, -0.15) is 0 Å². The first kappa shape index (κ1) is 20.7. The first-order valence-electron chi connectivity index (χ1n) is 8.14. The zero-order valence-corrected chi connectivity index (χ0v) is 18.1. The Labute approximate surface area is 185 Å². The predicted octanol–water partition coefficient (Wildman–Crippen LogP) is 5.44. The highest BCUT2D eigenvalue weighted by Crippen LogP contribution is 2.27. The van der Waals surface area contributed by atoms with Crippen molar-refractivity contribution in [1.29, 1.82) is 0 Å². The van der Waals surface area contributed by atoms with Crippen molar-refractivity contribution in [3.63, 3.8) is 0 Å². The van der Waals surface area contributed by atoms with Crippen LogP contribution in [0.2, 0.25) is 0 Å². The molecule has 0 bridgehead atoms. The highest BCUT2D eigenvalue weighted by molar-refractivity contribution is 7.81. The molecule has 0 aliphatic heterocycles. The third kappa shape index (κ3) is 5.08. The van der Waals surface area contributed by atoms with Crippen LogP contribution in [0.15, 0.2) is 92.9 Å². The minimum absolute atomic E-state index is 0.765. The second kappa shape index (κ2) is 9.97. The molecule has 0 aliphatic rings. The van der Waals surface area contributed by atoms with E-state index < -0.39 is 0 Å². The Morgan fingerprint density at radius 2 is 0.607 bits per heavy atom. The molecule has 0 aromatic carbocycles. The predicted molar refractivity (Wildman–Crippen MR) is 124 cm³/mol. The minimum Gasteiger partial charge on any atom is -0.253 e. The lowest BCUT2D eigenvalue weighted by molar-refractivity contribution is 1.15. The van der Waals surface area contributed by atoms with E-state index in [9.17, 15) is 0 Å². The zero-order valence-electron chi connectivity index (χ0n) is 14.5. The lowest BCUT2D eigenvalue weighted by Crippen LogP contribution is -1.89. The summed E-state index contributed by atoms with van der Waals surface area (Å²) < 4.78 is 0. The fraction of sp³-hybridized carbons (Fsp3) is 0. The van der Waals surface area contributed by atoms with Crippen molar-refractivity contribution in [3.8, 4) is 22.8 Å². The van der Waals surface area contributed by atoms with Crippen LogP contribution in [0.4, 0.5) is 0 Å². The molecule has 4 aromatic heterocycles. The van der Waals surface area contributed by atoms with E-state index in [0.717, 1.165) is 42.4 Å². The van der Waals surface area contributed by atoms with Gasteiger partial charge in [-0.25, -0.2) is 0 Å². The smallest absolute Gasteiger partial charge is 0.103 e. The summed E-state index contributed by atoms with van der Waals surface area (Å²) in [6.45, 7) is 0. The topological polar surface area (TPSA) is 51.6 Å². The monoisotopic (exact) mass is 440 g/mol. The van der Waals surface area contributed by atoms with E-state index in [1.54, 1.807) is 24.8 Å². The maximum atomic E-state index is 4.32. The van der Waals surface area contributed by atoms with Crippen LogP contribution in [0, 0.1) is 0 Å². The van der Waals surface area contributed by atoms with Crippen LogP contribution in [0.25, 0.3) is 22.8 Å². The van der Waals surface area contributed by atoms with Gasteiger partial charge in [-0.05, 0) is 48.5 Å². The quantitative estimate of drug-likeness (QED) is 0.314. The fourth-order valence-corrected chi connectivity index (χ4v) is 3.32. The second-order valence-electron chi connectivity index (χ2n) is 5.48. The third-order valence-electron chi connectivity index (χ3n) is 3.59.